The van der Waals surface area contributed by atoms with Gasteiger partial charge in [-0.1, -0.05) is 37.3 Å². The van der Waals surface area contributed by atoms with Crippen molar-refractivity contribution in [2.45, 2.75) is 32.4 Å². The van der Waals surface area contributed by atoms with Crippen molar-refractivity contribution < 1.29 is 4.79 Å². The molecule has 0 bridgehead atoms. The Morgan fingerprint density at radius 3 is 2.86 bits per heavy atom. The van der Waals surface area contributed by atoms with Crippen LogP contribution in [0.25, 0.3) is 0 Å². The van der Waals surface area contributed by atoms with E-state index in [4.69, 9.17) is 5.73 Å². The zero-order valence-corrected chi connectivity index (χ0v) is 12.3. The van der Waals surface area contributed by atoms with Crippen LogP contribution in [0.4, 0.5) is 0 Å². The Morgan fingerprint density at radius 1 is 1.38 bits per heavy atom. The molecule has 1 unspecified atom stereocenters. The molecular weight excluding hydrogens is 264 g/mol. The molecule has 0 aliphatic heterocycles. The van der Waals surface area contributed by atoms with Gasteiger partial charge in [0.15, 0.2) is 0 Å². The maximum absolute atomic E-state index is 11.7. The Balaban J connectivity index is 2.00. The number of nitrogens with one attached hydrogen (secondary N) is 1. The number of carbonyl (C=O) groups is 1. The zero-order chi connectivity index (χ0) is 15.1. The summed E-state index contributed by atoms with van der Waals surface area (Å²) in [6.45, 7) is 3.34. The molecule has 0 radical (unpaired) electrons. The minimum absolute atomic E-state index is 0.0600. The van der Waals surface area contributed by atoms with Gasteiger partial charge in [-0.05, 0) is 12.0 Å². The van der Waals surface area contributed by atoms with Gasteiger partial charge >= 0.3 is 0 Å². The summed E-state index contributed by atoms with van der Waals surface area (Å²) < 4.78 is 1.95. The molecule has 1 aromatic heterocycles. The molecule has 3 N–H and O–H groups in total. The quantitative estimate of drug-likeness (QED) is 0.816. The highest BCUT2D eigenvalue weighted by atomic mass is 16.1. The third-order valence-electron chi connectivity index (χ3n) is 3.37. The first kappa shape index (κ1) is 15.3. The lowest BCUT2D eigenvalue weighted by atomic mass is 10.1. The minimum atomic E-state index is -0.229. The average Bonchev–Trinajstić information content (AvgIpc) is 2.99. The molecule has 1 atom stereocenters. The second-order valence-corrected chi connectivity index (χ2v) is 5.00. The van der Waals surface area contributed by atoms with Crippen LogP contribution in [0.15, 0.2) is 42.9 Å². The average molecular weight is 286 g/mol. The number of amides is 1. The van der Waals surface area contributed by atoms with Gasteiger partial charge in [0.25, 0.3) is 0 Å². The summed E-state index contributed by atoms with van der Waals surface area (Å²) in [5, 5.41) is 2.87. The van der Waals surface area contributed by atoms with Crippen molar-refractivity contribution in [3.05, 3.63) is 54.1 Å². The summed E-state index contributed by atoms with van der Waals surface area (Å²) in [6, 6.07) is 9.66. The van der Waals surface area contributed by atoms with E-state index in [9.17, 15) is 4.79 Å². The highest BCUT2D eigenvalue weighted by Crippen LogP contribution is 2.19. The zero-order valence-electron chi connectivity index (χ0n) is 12.3. The van der Waals surface area contributed by atoms with Crippen LogP contribution in [0.1, 0.15) is 37.1 Å². The summed E-state index contributed by atoms with van der Waals surface area (Å²) >= 11 is 0. The second-order valence-electron chi connectivity index (χ2n) is 5.00. The van der Waals surface area contributed by atoms with Gasteiger partial charge in [-0.25, -0.2) is 4.98 Å². The van der Waals surface area contributed by atoms with Crippen molar-refractivity contribution in [2.75, 3.05) is 6.54 Å². The molecular formula is C16H22N4O. The van der Waals surface area contributed by atoms with Crippen molar-refractivity contribution in [2.24, 2.45) is 5.73 Å². The van der Waals surface area contributed by atoms with Gasteiger partial charge in [0.05, 0.1) is 24.3 Å². The fraction of sp³-hybridized carbons (Fsp3) is 0.375. The molecule has 0 aliphatic rings. The Morgan fingerprint density at radius 2 is 2.14 bits per heavy atom. The number of benzene rings is 1. The Kier molecular flexibility index (Phi) is 5.51. The first-order valence-electron chi connectivity index (χ1n) is 7.29. The fourth-order valence-electron chi connectivity index (χ4n) is 2.18. The molecule has 1 amide bonds. The summed E-state index contributed by atoms with van der Waals surface area (Å²) in [4.78, 5) is 15.8. The maximum Gasteiger partial charge on any atom is 0.221 e. The second kappa shape index (κ2) is 7.59. The van der Waals surface area contributed by atoms with Crippen molar-refractivity contribution in [1.29, 1.82) is 0 Å². The van der Waals surface area contributed by atoms with Crippen LogP contribution in [0.5, 0.6) is 0 Å². The molecule has 0 aliphatic carbocycles. The molecule has 0 saturated heterocycles. The van der Waals surface area contributed by atoms with Gasteiger partial charge in [0, 0.05) is 19.5 Å². The Bertz CT molecular complexity index is 565. The van der Waals surface area contributed by atoms with Gasteiger partial charge in [0.1, 0.15) is 0 Å². The van der Waals surface area contributed by atoms with E-state index in [1.807, 2.05) is 41.8 Å². The van der Waals surface area contributed by atoms with Crippen LogP contribution in [-0.2, 0) is 11.3 Å². The van der Waals surface area contributed by atoms with E-state index in [1.54, 1.807) is 12.5 Å². The largest absolute Gasteiger partial charge is 0.356 e. The molecule has 1 heterocycles. The van der Waals surface area contributed by atoms with Gasteiger partial charge in [-0.15, -0.1) is 0 Å². The van der Waals surface area contributed by atoms with Crippen molar-refractivity contribution in [3.8, 4) is 0 Å². The smallest absolute Gasteiger partial charge is 0.221 e. The number of imidazole rings is 1. The Labute approximate surface area is 125 Å². The number of nitrogens with two attached hydrogens (primary N) is 1. The maximum atomic E-state index is 11.7. The van der Waals surface area contributed by atoms with Crippen LogP contribution in [0.3, 0.4) is 0 Å². The van der Waals surface area contributed by atoms with E-state index in [0.29, 0.717) is 13.0 Å². The number of nitrogens with zero attached hydrogens (tertiary/aromatic N) is 2. The Hall–Kier alpha value is -2.14. The SMILES string of the molecule is CCCNC(=O)CCn1cncc1C(N)c1ccccc1. The lowest BCUT2D eigenvalue weighted by Crippen LogP contribution is -2.25. The summed E-state index contributed by atoms with van der Waals surface area (Å²) in [5.74, 6) is 0.0600. The molecule has 0 spiro atoms. The van der Waals surface area contributed by atoms with Crippen molar-refractivity contribution >= 4 is 5.91 Å². The van der Waals surface area contributed by atoms with E-state index in [0.717, 1.165) is 24.2 Å². The molecule has 0 saturated carbocycles. The number of aryl methyl sites for hydroxylation is 1. The lowest BCUT2D eigenvalue weighted by Gasteiger charge is -2.15. The third kappa shape index (κ3) is 4.16. The molecule has 1 aromatic carbocycles. The molecule has 21 heavy (non-hydrogen) atoms. The topological polar surface area (TPSA) is 72.9 Å². The molecule has 5 heteroatoms. The van der Waals surface area contributed by atoms with Crippen molar-refractivity contribution in [3.63, 3.8) is 0 Å². The molecule has 2 rings (SSSR count). The molecule has 0 fully saturated rings. The first-order valence-corrected chi connectivity index (χ1v) is 7.29. The normalized spacial score (nSPS) is 12.1. The van der Waals surface area contributed by atoms with Crippen molar-refractivity contribution in [1.82, 2.24) is 14.9 Å². The van der Waals surface area contributed by atoms with Crippen LogP contribution in [0, 0.1) is 0 Å². The molecule has 2 aromatic rings. The highest BCUT2D eigenvalue weighted by molar-refractivity contribution is 5.75. The molecule has 112 valence electrons. The number of aromatic nitrogens is 2. The predicted octanol–water partition coefficient (Wildman–Crippen LogP) is 1.85. The van der Waals surface area contributed by atoms with E-state index in [2.05, 4.69) is 10.3 Å². The summed E-state index contributed by atoms with van der Waals surface area (Å²) in [7, 11) is 0. The fourth-order valence-corrected chi connectivity index (χ4v) is 2.18. The number of hydrogen-bond acceptors (Lipinski definition) is 3. The minimum Gasteiger partial charge on any atom is -0.356 e. The monoisotopic (exact) mass is 286 g/mol. The van der Waals surface area contributed by atoms with Gasteiger partial charge in [0.2, 0.25) is 5.91 Å². The first-order chi connectivity index (χ1) is 10.2. The third-order valence-corrected chi connectivity index (χ3v) is 3.37. The number of rotatable bonds is 7. The lowest BCUT2D eigenvalue weighted by molar-refractivity contribution is -0.121. The van der Waals surface area contributed by atoms with E-state index < -0.39 is 0 Å². The van der Waals surface area contributed by atoms with Crippen LogP contribution in [-0.4, -0.2) is 22.0 Å². The van der Waals surface area contributed by atoms with Gasteiger partial charge in [-0.3, -0.25) is 4.79 Å². The summed E-state index contributed by atoms with van der Waals surface area (Å²) in [5.41, 5.74) is 8.24. The van der Waals surface area contributed by atoms with Gasteiger partial charge in [-0.2, -0.15) is 0 Å². The number of hydrogen-bond donors (Lipinski definition) is 2. The van der Waals surface area contributed by atoms with Crippen LogP contribution >= 0.6 is 0 Å². The van der Waals surface area contributed by atoms with Crippen LogP contribution in [0.2, 0.25) is 0 Å². The highest BCUT2D eigenvalue weighted by Gasteiger charge is 2.14. The van der Waals surface area contributed by atoms with Gasteiger partial charge < -0.3 is 15.6 Å². The van der Waals surface area contributed by atoms with E-state index in [-0.39, 0.29) is 11.9 Å². The predicted molar refractivity (Wildman–Crippen MR) is 82.6 cm³/mol. The molecule has 5 nitrogen and oxygen atoms in total. The van der Waals surface area contributed by atoms with Crippen LogP contribution < -0.4 is 11.1 Å². The van der Waals surface area contributed by atoms with E-state index in [1.165, 1.54) is 0 Å². The summed E-state index contributed by atoms with van der Waals surface area (Å²) in [6.07, 6.45) is 4.87. The standard InChI is InChI=1S/C16H22N4O/c1-2-9-19-15(21)8-10-20-12-18-11-14(20)16(17)13-6-4-3-5-7-13/h3-7,11-12,16H,2,8-10,17H2,1H3,(H,19,21). The van der Waals surface area contributed by atoms with E-state index >= 15 is 0 Å². The number of carbonyl (C=O) groups excluding carboxylic acids is 1.